The van der Waals surface area contributed by atoms with Gasteiger partial charge in [0.2, 0.25) is 0 Å². The lowest BCUT2D eigenvalue weighted by molar-refractivity contribution is 0.391. The third kappa shape index (κ3) is 6.49. The molecule has 0 saturated carbocycles. The zero-order chi connectivity index (χ0) is 12.5. The van der Waals surface area contributed by atoms with E-state index in [1.807, 2.05) is 0 Å². The van der Waals surface area contributed by atoms with E-state index >= 15 is 0 Å². The highest BCUT2D eigenvalue weighted by molar-refractivity contribution is 5.09. The summed E-state index contributed by atoms with van der Waals surface area (Å²) in [5.74, 6) is 0. The van der Waals surface area contributed by atoms with Gasteiger partial charge in [-0.15, -0.1) is 0 Å². The summed E-state index contributed by atoms with van der Waals surface area (Å²) in [6.45, 7) is 6.64. The molecule has 1 rings (SSSR count). The van der Waals surface area contributed by atoms with Gasteiger partial charge in [-0.2, -0.15) is 0 Å². The fourth-order valence-corrected chi connectivity index (χ4v) is 1.90. The Morgan fingerprint density at radius 1 is 1.29 bits per heavy atom. The van der Waals surface area contributed by atoms with Crippen molar-refractivity contribution < 1.29 is 0 Å². The first-order valence-corrected chi connectivity index (χ1v) is 6.72. The Balaban J connectivity index is 2.05. The second kappa shape index (κ2) is 8.31. The summed E-state index contributed by atoms with van der Waals surface area (Å²) in [4.78, 5) is 2.24. The van der Waals surface area contributed by atoms with E-state index in [1.54, 1.807) is 0 Å². The van der Waals surface area contributed by atoms with Crippen LogP contribution in [0.15, 0.2) is 18.5 Å². The molecular weight excluding hydrogens is 210 g/mol. The zero-order valence-electron chi connectivity index (χ0n) is 11.6. The van der Waals surface area contributed by atoms with E-state index in [4.69, 9.17) is 0 Å². The van der Waals surface area contributed by atoms with E-state index in [0.29, 0.717) is 0 Å². The topological polar surface area (TPSA) is 20.2 Å². The van der Waals surface area contributed by atoms with Crippen LogP contribution in [0.3, 0.4) is 0 Å². The van der Waals surface area contributed by atoms with E-state index in [9.17, 15) is 0 Å². The van der Waals surface area contributed by atoms with Gasteiger partial charge < -0.3 is 14.8 Å². The Labute approximate surface area is 106 Å². The molecule has 0 fully saturated rings. The Hall–Kier alpha value is -0.800. The molecule has 98 valence electrons. The monoisotopic (exact) mass is 237 g/mol. The van der Waals surface area contributed by atoms with Crippen molar-refractivity contribution in [2.24, 2.45) is 0 Å². The van der Waals surface area contributed by atoms with Gasteiger partial charge in [0.05, 0.1) is 0 Å². The van der Waals surface area contributed by atoms with Crippen LogP contribution in [0.4, 0.5) is 0 Å². The van der Waals surface area contributed by atoms with Gasteiger partial charge in [0, 0.05) is 25.5 Å². The Kier molecular flexibility index (Phi) is 6.97. The van der Waals surface area contributed by atoms with Gasteiger partial charge in [-0.25, -0.2) is 0 Å². The third-order valence-corrected chi connectivity index (χ3v) is 2.83. The average molecular weight is 237 g/mol. The van der Waals surface area contributed by atoms with Crippen LogP contribution in [-0.4, -0.2) is 36.7 Å². The Morgan fingerprint density at radius 3 is 2.82 bits per heavy atom. The predicted octanol–water partition coefficient (Wildman–Crippen LogP) is 2.33. The molecule has 17 heavy (non-hydrogen) atoms. The van der Waals surface area contributed by atoms with Crippen LogP contribution in [0.5, 0.6) is 0 Å². The minimum absolute atomic E-state index is 0.999. The molecule has 3 heteroatoms. The molecule has 3 nitrogen and oxygen atoms in total. The van der Waals surface area contributed by atoms with Crippen molar-refractivity contribution in [1.29, 1.82) is 0 Å². The van der Waals surface area contributed by atoms with Gasteiger partial charge in [0.1, 0.15) is 0 Å². The van der Waals surface area contributed by atoms with E-state index in [1.165, 1.54) is 31.4 Å². The summed E-state index contributed by atoms with van der Waals surface area (Å²) in [5.41, 5.74) is 1.39. The van der Waals surface area contributed by atoms with E-state index in [0.717, 1.165) is 19.6 Å². The van der Waals surface area contributed by atoms with Gasteiger partial charge in [0.15, 0.2) is 0 Å². The standard InChI is InChI=1S/C14H27N3/c1-4-9-17-11-7-14(13-17)12-15-8-5-6-10-16(2)3/h7,11,13,15H,4-6,8-10,12H2,1-3H3. The van der Waals surface area contributed by atoms with E-state index < -0.39 is 0 Å². The lowest BCUT2D eigenvalue weighted by Crippen LogP contribution is -2.17. The smallest absolute Gasteiger partial charge is 0.0220 e. The number of unbranched alkanes of at least 4 members (excludes halogenated alkanes) is 1. The number of aromatic nitrogens is 1. The van der Waals surface area contributed by atoms with Crippen LogP contribution in [-0.2, 0) is 13.1 Å². The van der Waals surface area contributed by atoms with Crippen molar-refractivity contribution in [1.82, 2.24) is 14.8 Å². The lowest BCUT2D eigenvalue weighted by atomic mass is 10.3. The van der Waals surface area contributed by atoms with Gasteiger partial charge in [-0.1, -0.05) is 6.92 Å². The summed E-state index contributed by atoms with van der Waals surface area (Å²) in [5, 5.41) is 3.50. The van der Waals surface area contributed by atoms with Crippen LogP contribution in [0.25, 0.3) is 0 Å². The van der Waals surface area contributed by atoms with E-state index in [-0.39, 0.29) is 0 Å². The molecule has 1 N–H and O–H groups in total. The van der Waals surface area contributed by atoms with Crippen molar-refractivity contribution in [2.45, 2.75) is 39.3 Å². The molecule has 0 radical (unpaired) electrons. The quantitative estimate of drug-likeness (QED) is 0.665. The van der Waals surface area contributed by atoms with Crippen LogP contribution in [0.2, 0.25) is 0 Å². The maximum absolute atomic E-state index is 3.50. The Morgan fingerprint density at radius 2 is 2.12 bits per heavy atom. The molecule has 0 aromatic carbocycles. The molecule has 1 aromatic rings. The maximum atomic E-state index is 3.50. The molecule has 0 unspecified atom stereocenters. The number of rotatable bonds is 9. The lowest BCUT2D eigenvalue weighted by Gasteiger charge is -2.09. The number of hydrogen-bond acceptors (Lipinski definition) is 2. The fraction of sp³-hybridized carbons (Fsp3) is 0.714. The maximum Gasteiger partial charge on any atom is 0.0220 e. The molecule has 0 bridgehead atoms. The summed E-state index contributed by atoms with van der Waals surface area (Å²) in [7, 11) is 4.26. The van der Waals surface area contributed by atoms with Crippen LogP contribution in [0.1, 0.15) is 31.7 Å². The number of nitrogens with one attached hydrogen (secondary N) is 1. The van der Waals surface area contributed by atoms with Crippen molar-refractivity contribution in [3.8, 4) is 0 Å². The van der Waals surface area contributed by atoms with E-state index in [2.05, 4.69) is 54.3 Å². The highest BCUT2D eigenvalue weighted by Crippen LogP contribution is 2.02. The molecular formula is C14H27N3. The largest absolute Gasteiger partial charge is 0.354 e. The normalized spacial score (nSPS) is 11.3. The zero-order valence-corrected chi connectivity index (χ0v) is 11.6. The van der Waals surface area contributed by atoms with Crippen LogP contribution < -0.4 is 5.32 Å². The van der Waals surface area contributed by atoms with Gasteiger partial charge in [-0.3, -0.25) is 0 Å². The Bertz CT molecular complexity index is 291. The molecule has 0 aliphatic rings. The molecule has 0 saturated heterocycles. The summed E-state index contributed by atoms with van der Waals surface area (Å²) < 4.78 is 2.27. The molecule has 0 aliphatic heterocycles. The number of aryl methyl sites for hydroxylation is 1. The van der Waals surface area contributed by atoms with Gasteiger partial charge >= 0.3 is 0 Å². The molecule has 0 spiro atoms. The number of nitrogens with zero attached hydrogens (tertiary/aromatic N) is 2. The second-order valence-electron chi connectivity index (χ2n) is 4.94. The molecule has 1 aromatic heterocycles. The summed E-state index contributed by atoms with van der Waals surface area (Å²) >= 11 is 0. The fourth-order valence-electron chi connectivity index (χ4n) is 1.90. The first-order chi connectivity index (χ1) is 8.22. The van der Waals surface area contributed by atoms with Crippen molar-refractivity contribution in [3.63, 3.8) is 0 Å². The predicted molar refractivity (Wildman–Crippen MR) is 74.2 cm³/mol. The minimum Gasteiger partial charge on any atom is -0.354 e. The number of hydrogen-bond donors (Lipinski definition) is 1. The molecule has 0 aliphatic carbocycles. The van der Waals surface area contributed by atoms with Crippen molar-refractivity contribution >= 4 is 0 Å². The minimum atomic E-state index is 0.999. The van der Waals surface area contributed by atoms with Crippen LogP contribution >= 0.6 is 0 Å². The summed E-state index contributed by atoms with van der Waals surface area (Å²) in [6.07, 6.45) is 8.15. The molecule has 1 heterocycles. The summed E-state index contributed by atoms with van der Waals surface area (Å²) in [6, 6.07) is 2.21. The highest BCUT2D eigenvalue weighted by atomic mass is 15.0. The van der Waals surface area contributed by atoms with Crippen LogP contribution in [0, 0.1) is 0 Å². The highest BCUT2D eigenvalue weighted by Gasteiger charge is 1.96. The molecule has 0 amide bonds. The third-order valence-electron chi connectivity index (χ3n) is 2.83. The van der Waals surface area contributed by atoms with Gasteiger partial charge in [0.25, 0.3) is 0 Å². The first-order valence-electron chi connectivity index (χ1n) is 6.72. The van der Waals surface area contributed by atoms with Crippen molar-refractivity contribution in [3.05, 3.63) is 24.0 Å². The SMILES string of the molecule is CCCn1ccc(CNCCCCN(C)C)c1. The van der Waals surface area contributed by atoms with Gasteiger partial charge in [-0.05, 0) is 58.1 Å². The van der Waals surface area contributed by atoms with Crippen molar-refractivity contribution in [2.75, 3.05) is 27.2 Å². The average Bonchev–Trinajstić information content (AvgIpc) is 2.71. The first kappa shape index (κ1) is 14.3. The second-order valence-corrected chi connectivity index (χ2v) is 4.94. The molecule has 0 atom stereocenters.